The van der Waals surface area contributed by atoms with Gasteiger partial charge in [-0.15, -0.1) is 0 Å². The average Bonchev–Trinajstić information content (AvgIpc) is 2.81. The largest absolute Gasteiger partial charge is 0.359 e. The zero-order valence-electron chi connectivity index (χ0n) is 11.3. The van der Waals surface area contributed by atoms with Gasteiger partial charge in [-0.05, 0) is 25.2 Å². The van der Waals surface area contributed by atoms with Gasteiger partial charge in [0.2, 0.25) is 0 Å². The van der Waals surface area contributed by atoms with E-state index in [1.54, 1.807) is 0 Å². The molecule has 0 radical (unpaired) electrons. The van der Waals surface area contributed by atoms with Crippen molar-refractivity contribution in [3.8, 4) is 0 Å². The Bertz CT molecular complexity index is 389. The zero-order chi connectivity index (χ0) is 13.0. The lowest BCUT2D eigenvalue weighted by molar-refractivity contribution is 0.544. The van der Waals surface area contributed by atoms with E-state index < -0.39 is 0 Å². The molecule has 3 nitrogen and oxygen atoms in total. The van der Waals surface area contributed by atoms with Gasteiger partial charge in [0.1, 0.15) is 16.8 Å². The highest BCUT2D eigenvalue weighted by molar-refractivity contribution is 6.29. The number of hydrogen-bond donors (Lipinski definition) is 0. The minimum Gasteiger partial charge on any atom is -0.359 e. The van der Waals surface area contributed by atoms with Gasteiger partial charge in [0.15, 0.2) is 0 Å². The summed E-state index contributed by atoms with van der Waals surface area (Å²) in [5, 5.41) is 0.557. The molecule has 2 rings (SSSR count). The Kier molecular flexibility index (Phi) is 4.81. The number of aryl methyl sites for hydroxylation is 1. The first-order valence-corrected chi connectivity index (χ1v) is 7.31. The summed E-state index contributed by atoms with van der Waals surface area (Å²) in [7, 11) is 2.10. The molecule has 0 aromatic carbocycles. The van der Waals surface area contributed by atoms with Crippen LogP contribution in [0, 0.1) is 5.92 Å². The van der Waals surface area contributed by atoms with Crippen LogP contribution < -0.4 is 4.90 Å². The topological polar surface area (TPSA) is 29.0 Å². The second-order valence-electron chi connectivity index (χ2n) is 5.25. The molecule has 100 valence electrons. The standard InChI is InChI=1S/C14H22ClN3/c1-3-6-13-16-12(15)9-14(17-13)18(2)10-11-7-4-5-8-11/h9,11H,3-8,10H2,1-2H3. The molecule has 0 saturated heterocycles. The molecular weight excluding hydrogens is 246 g/mol. The van der Waals surface area contributed by atoms with Gasteiger partial charge in [-0.3, -0.25) is 0 Å². The first-order valence-electron chi connectivity index (χ1n) is 6.93. The maximum absolute atomic E-state index is 6.07. The number of anilines is 1. The Labute approximate surface area is 115 Å². The first kappa shape index (κ1) is 13.6. The molecule has 1 aromatic heterocycles. The maximum atomic E-state index is 6.07. The molecule has 0 amide bonds. The molecule has 1 saturated carbocycles. The molecule has 1 aliphatic carbocycles. The molecule has 18 heavy (non-hydrogen) atoms. The SMILES string of the molecule is CCCc1nc(Cl)cc(N(C)CC2CCCC2)n1. The molecule has 0 aliphatic heterocycles. The van der Waals surface area contributed by atoms with Gasteiger partial charge in [-0.1, -0.05) is 31.4 Å². The molecular formula is C14H22ClN3. The second kappa shape index (κ2) is 6.37. The highest BCUT2D eigenvalue weighted by Gasteiger charge is 2.18. The second-order valence-corrected chi connectivity index (χ2v) is 5.63. The number of aromatic nitrogens is 2. The van der Waals surface area contributed by atoms with Gasteiger partial charge in [-0.2, -0.15) is 0 Å². The average molecular weight is 268 g/mol. The van der Waals surface area contributed by atoms with Crippen molar-refractivity contribution in [3.05, 3.63) is 17.0 Å². The summed E-state index contributed by atoms with van der Waals surface area (Å²) >= 11 is 6.07. The lowest BCUT2D eigenvalue weighted by atomic mass is 10.1. The van der Waals surface area contributed by atoms with E-state index in [1.807, 2.05) is 6.07 Å². The predicted molar refractivity (Wildman–Crippen MR) is 76.3 cm³/mol. The van der Waals surface area contributed by atoms with Crippen LogP contribution in [0.25, 0.3) is 0 Å². The quantitative estimate of drug-likeness (QED) is 0.762. The predicted octanol–water partition coefficient (Wildman–Crippen LogP) is 3.71. The van der Waals surface area contributed by atoms with Crippen LogP contribution in [0.2, 0.25) is 5.15 Å². The van der Waals surface area contributed by atoms with Gasteiger partial charge in [0.05, 0.1) is 0 Å². The number of nitrogens with zero attached hydrogens (tertiary/aromatic N) is 3. The van der Waals surface area contributed by atoms with E-state index in [9.17, 15) is 0 Å². The van der Waals surface area contributed by atoms with Crippen molar-refractivity contribution in [2.45, 2.75) is 45.4 Å². The minimum atomic E-state index is 0.557. The Hall–Kier alpha value is -0.830. The summed E-state index contributed by atoms with van der Waals surface area (Å²) in [4.78, 5) is 11.1. The monoisotopic (exact) mass is 267 g/mol. The molecule has 1 fully saturated rings. The number of halogens is 1. The van der Waals surface area contributed by atoms with Gasteiger partial charge < -0.3 is 4.90 Å². The van der Waals surface area contributed by atoms with E-state index in [4.69, 9.17) is 11.6 Å². The fourth-order valence-electron chi connectivity index (χ4n) is 2.66. The van der Waals surface area contributed by atoms with Crippen LogP contribution >= 0.6 is 11.6 Å². The highest BCUT2D eigenvalue weighted by Crippen LogP contribution is 2.26. The fraction of sp³-hybridized carbons (Fsp3) is 0.714. The summed E-state index contributed by atoms with van der Waals surface area (Å²) in [6.07, 6.45) is 7.40. The van der Waals surface area contributed by atoms with Crippen molar-refractivity contribution in [3.63, 3.8) is 0 Å². The lowest BCUT2D eigenvalue weighted by Gasteiger charge is -2.22. The van der Waals surface area contributed by atoms with E-state index >= 15 is 0 Å². The Morgan fingerprint density at radius 2 is 2.06 bits per heavy atom. The van der Waals surface area contributed by atoms with E-state index in [-0.39, 0.29) is 0 Å². The lowest BCUT2D eigenvalue weighted by Crippen LogP contribution is -2.25. The molecule has 0 spiro atoms. The van der Waals surface area contributed by atoms with Crippen LogP contribution in [-0.2, 0) is 6.42 Å². The van der Waals surface area contributed by atoms with Crippen LogP contribution in [0.4, 0.5) is 5.82 Å². The van der Waals surface area contributed by atoms with E-state index in [0.717, 1.165) is 36.9 Å². The highest BCUT2D eigenvalue weighted by atomic mass is 35.5. The number of rotatable bonds is 5. The van der Waals surface area contributed by atoms with Crippen LogP contribution in [0.3, 0.4) is 0 Å². The van der Waals surface area contributed by atoms with Gasteiger partial charge in [0.25, 0.3) is 0 Å². The zero-order valence-corrected chi connectivity index (χ0v) is 12.1. The first-order chi connectivity index (χ1) is 8.69. The van der Waals surface area contributed by atoms with Crippen molar-refractivity contribution in [1.82, 2.24) is 9.97 Å². The Balaban J connectivity index is 2.05. The summed E-state index contributed by atoms with van der Waals surface area (Å²) in [6, 6.07) is 1.87. The molecule has 1 aliphatic rings. The fourth-order valence-corrected chi connectivity index (χ4v) is 2.85. The van der Waals surface area contributed by atoms with Crippen LogP contribution in [0.1, 0.15) is 44.9 Å². The van der Waals surface area contributed by atoms with E-state index in [0.29, 0.717) is 5.15 Å². The van der Waals surface area contributed by atoms with Crippen LogP contribution in [-0.4, -0.2) is 23.6 Å². The molecule has 1 aromatic rings. The normalized spacial score (nSPS) is 16.2. The molecule has 0 unspecified atom stereocenters. The van der Waals surface area contributed by atoms with Crippen molar-refractivity contribution in [1.29, 1.82) is 0 Å². The third-order valence-corrected chi connectivity index (χ3v) is 3.79. The smallest absolute Gasteiger partial charge is 0.134 e. The molecule has 0 N–H and O–H groups in total. The third-order valence-electron chi connectivity index (χ3n) is 3.60. The number of hydrogen-bond acceptors (Lipinski definition) is 3. The van der Waals surface area contributed by atoms with Gasteiger partial charge >= 0.3 is 0 Å². The van der Waals surface area contributed by atoms with Crippen molar-refractivity contribution in [2.75, 3.05) is 18.5 Å². The molecule has 4 heteroatoms. The summed E-state index contributed by atoms with van der Waals surface area (Å²) in [5.41, 5.74) is 0. The van der Waals surface area contributed by atoms with Crippen molar-refractivity contribution >= 4 is 17.4 Å². The maximum Gasteiger partial charge on any atom is 0.134 e. The van der Waals surface area contributed by atoms with Crippen molar-refractivity contribution in [2.24, 2.45) is 5.92 Å². The van der Waals surface area contributed by atoms with Crippen molar-refractivity contribution < 1.29 is 0 Å². The minimum absolute atomic E-state index is 0.557. The summed E-state index contributed by atoms with van der Waals surface area (Å²) in [5.74, 6) is 2.64. The van der Waals surface area contributed by atoms with Crippen LogP contribution in [0.15, 0.2) is 6.07 Å². The van der Waals surface area contributed by atoms with Gasteiger partial charge in [0, 0.05) is 26.1 Å². The van der Waals surface area contributed by atoms with Crippen LogP contribution in [0.5, 0.6) is 0 Å². The summed E-state index contributed by atoms with van der Waals surface area (Å²) < 4.78 is 0. The van der Waals surface area contributed by atoms with Gasteiger partial charge in [-0.25, -0.2) is 9.97 Å². The molecule has 1 heterocycles. The molecule has 0 bridgehead atoms. The third kappa shape index (κ3) is 3.58. The molecule has 0 atom stereocenters. The van der Waals surface area contributed by atoms with E-state index in [1.165, 1.54) is 25.7 Å². The summed E-state index contributed by atoms with van der Waals surface area (Å²) in [6.45, 7) is 3.21. The Morgan fingerprint density at radius 3 is 2.72 bits per heavy atom. The van der Waals surface area contributed by atoms with E-state index in [2.05, 4.69) is 28.8 Å². The Morgan fingerprint density at radius 1 is 1.33 bits per heavy atom.